The van der Waals surface area contributed by atoms with Crippen molar-refractivity contribution < 1.29 is 23.9 Å². The van der Waals surface area contributed by atoms with Crippen molar-refractivity contribution in [1.29, 1.82) is 0 Å². The number of carbonyl (C=O) groups excluding carboxylic acids is 4. The maximum Gasteiger partial charge on any atom is 0.325 e. The fourth-order valence-corrected chi connectivity index (χ4v) is 3.18. The van der Waals surface area contributed by atoms with E-state index in [4.69, 9.17) is 27.9 Å². The fraction of sp³-hybridized carbons (Fsp3) is 0.235. The van der Waals surface area contributed by atoms with E-state index in [1.807, 2.05) is 0 Å². The number of esters is 1. The van der Waals surface area contributed by atoms with Crippen LogP contribution in [-0.2, 0) is 25.7 Å². The van der Waals surface area contributed by atoms with Gasteiger partial charge in [-0.3, -0.25) is 19.2 Å². The van der Waals surface area contributed by atoms with E-state index in [0.29, 0.717) is 15.8 Å². The number of ether oxygens (including phenoxy) is 1. The molecule has 12 heteroatoms. The van der Waals surface area contributed by atoms with Gasteiger partial charge in [0.1, 0.15) is 13.2 Å². The molecule has 2 rings (SSSR count). The zero-order chi connectivity index (χ0) is 21.4. The van der Waals surface area contributed by atoms with Crippen molar-refractivity contribution in [2.75, 3.05) is 18.4 Å². The van der Waals surface area contributed by atoms with Gasteiger partial charge in [-0.05, 0) is 18.2 Å². The van der Waals surface area contributed by atoms with Gasteiger partial charge in [0.05, 0.1) is 22.8 Å². The molecule has 0 atom stereocenters. The van der Waals surface area contributed by atoms with Gasteiger partial charge in [0, 0.05) is 17.3 Å². The van der Waals surface area contributed by atoms with Crippen molar-refractivity contribution in [2.24, 2.45) is 0 Å². The van der Waals surface area contributed by atoms with E-state index in [2.05, 4.69) is 20.9 Å². The normalized spacial score (nSPS) is 10.2. The summed E-state index contributed by atoms with van der Waals surface area (Å²) in [5, 5.41) is 9.79. The molecule has 1 aromatic carbocycles. The van der Waals surface area contributed by atoms with Crippen LogP contribution in [0.15, 0.2) is 23.6 Å². The van der Waals surface area contributed by atoms with E-state index < -0.39 is 17.8 Å². The van der Waals surface area contributed by atoms with Crippen molar-refractivity contribution >= 4 is 63.4 Å². The molecule has 3 N–H and O–H groups in total. The van der Waals surface area contributed by atoms with E-state index in [-0.39, 0.29) is 36.2 Å². The Bertz CT molecular complexity index is 934. The van der Waals surface area contributed by atoms with Crippen LogP contribution in [0.5, 0.6) is 0 Å². The molecule has 29 heavy (non-hydrogen) atoms. The summed E-state index contributed by atoms with van der Waals surface area (Å²) >= 11 is 12.9. The number of rotatable bonds is 8. The lowest BCUT2D eigenvalue weighted by Gasteiger charge is -2.08. The second-order valence-electron chi connectivity index (χ2n) is 5.57. The molecule has 3 amide bonds. The number of benzene rings is 1. The maximum absolute atomic E-state index is 12.0. The van der Waals surface area contributed by atoms with Gasteiger partial charge < -0.3 is 20.7 Å². The number of nitrogens with zero attached hydrogens (tertiary/aromatic N) is 1. The second kappa shape index (κ2) is 10.7. The summed E-state index contributed by atoms with van der Waals surface area (Å²) in [6.45, 7) is 0.531. The largest absolute Gasteiger partial charge is 0.458 e. The third-order valence-electron chi connectivity index (χ3n) is 3.23. The van der Waals surface area contributed by atoms with Crippen LogP contribution in [0.1, 0.15) is 23.0 Å². The van der Waals surface area contributed by atoms with E-state index >= 15 is 0 Å². The highest BCUT2D eigenvalue weighted by Crippen LogP contribution is 2.20. The van der Waals surface area contributed by atoms with Crippen molar-refractivity contribution in [3.63, 3.8) is 0 Å². The van der Waals surface area contributed by atoms with Crippen molar-refractivity contribution in [2.45, 2.75) is 13.5 Å². The second-order valence-corrected chi connectivity index (χ2v) is 7.27. The van der Waals surface area contributed by atoms with Crippen LogP contribution in [0, 0.1) is 0 Å². The lowest BCUT2D eigenvalue weighted by molar-refractivity contribution is -0.145. The number of thiazole rings is 1. The predicted octanol–water partition coefficient (Wildman–Crippen LogP) is 2.00. The number of hydrogen-bond donors (Lipinski definition) is 3. The molecule has 0 fully saturated rings. The van der Waals surface area contributed by atoms with Gasteiger partial charge in [0.15, 0.2) is 5.13 Å². The Labute approximate surface area is 179 Å². The van der Waals surface area contributed by atoms with Crippen molar-refractivity contribution in [1.82, 2.24) is 15.6 Å². The Morgan fingerprint density at radius 3 is 2.59 bits per heavy atom. The van der Waals surface area contributed by atoms with Gasteiger partial charge in [0.25, 0.3) is 5.91 Å². The minimum Gasteiger partial charge on any atom is -0.458 e. The summed E-state index contributed by atoms with van der Waals surface area (Å²) in [6.07, 6.45) is 0. The molecule has 2 aromatic rings. The zero-order valence-corrected chi connectivity index (χ0v) is 17.4. The van der Waals surface area contributed by atoms with Crippen LogP contribution in [0.4, 0.5) is 5.13 Å². The fourth-order valence-electron chi connectivity index (χ4n) is 1.95. The number of nitrogens with one attached hydrogen (secondary N) is 3. The average molecular weight is 459 g/mol. The average Bonchev–Trinajstić information content (AvgIpc) is 3.09. The number of amides is 3. The molecule has 0 unspecified atom stereocenters. The van der Waals surface area contributed by atoms with E-state index in [1.54, 1.807) is 5.38 Å². The summed E-state index contributed by atoms with van der Waals surface area (Å²) in [5.74, 6) is -2.07. The molecule has 0 aliphatic rings. The monoisotopic (exact) mass is 458 g/mol. The third kappa shape index (κ3) is 7.68. The standard InChI is InChI=1S/C17H16Cl2N4O5S/c1-9(24)22-17-23-11(8-29-17)7-28-15(26)6-20-14(25)5-21-16(27)12-3-2-10(18)4-13(12)19/h2-4,8H,5-7H2,1H3,(H,20,25)(H,21,27)(H,22,23,24). The summed E-state index contributed by atoms with van der Waals surface area (Å²) in [4.78, 5) is 50.5. The molecule has 1 heterocycles. The number of carbonyl (C=O) groups is 4. The van der Waals surface area contributed by atoms with Gasteiger partial charge >= 0.3 is 5.97 Å². The Kier molecular flexibility index (Phi) is 8.37. The van der Waals surface area contributed by atoms with E-state index in [0.717, 1.165) is 0 Å². The molecule has 9 nitrogen and oxygen atoms in total. The molecule has 0 spiro atoms. The predicted molar refractivity (Wildman–Crippen MR) is 108 cm³/mol. The minimum absolute atomic E-state index is 0.101. The zero-order valence-electron chi connectivity index (χ0n) is 15.1. The first kappa shape index (κ1) is 22.6. The van der Waals surface area contributed by atoms with Crippen LogP contribution in [0.2, 0.25) is 10.0 Å². The first-order valence-electron chi connectivity index (χ1n) is 8.12. The summed E-state index contributed by atoms with van der Waals surface area (Å²) in [5.41, 5.74) is 0.635. The smallest absolute Gasteiger partial charge is 0.325 e. The number of anilines is 1. The number of hydrogen-bond acceptors (Lipinski definition) is 7. The Morgan fingerprint density at radius 2 is 1.90 bits per heavy atom. The highest BCUT2D eigenvalue weighted by molar-refractivity contribution is 7.13. The maximum atomic E-state index is 12.0. The third-order valence-corrected chi connectivity index (χ3v) is 4.59. The Balaban J connectivity index is 1.69. The quantitative estimate of drug-likeness (QED) is 0.519. The molecule has 154 valence electrons. The molecule has 0 radical (unpaired) electrons. The lowest BCUT2D eigenvalue weighted by Crippen LogP contribution is -2.39. The summed E-state index contributed by atoms with van der Waals surface area (Å²) < 4.78 is 4.98. The molecular weight excluding hydrogens is 443 g/mol. The highest BCUT2D eigenvalue weighted by Gasteiger charge is 2.13. The Morgan fingerprint density at radius 1 is 1.14 bits per heavy atom. The molecule has 0 aliphatic heterocycles. The molecule has 1 aromatic heterocycles. The molecule has 0 saturated heterocycles. The van der Waals surface area contributed by atoms with Crippen molar-refractivity contribution in [3.8, 4) is 0 Å². The van der Waals surface area contributed by atoms with Crippen molar-refractivity contribution in [3.05, 3.63) is 44.9 Å². The molecular formula is C17H16Cl2N4O5S. The molecule has 0 saturated carbocycles. The highest BCUT2D eigenvalue weighted by atomic mass is 35.5. The summed E-state index contributed by atoms with van der Waals surface area (Å²) in [7, 11) is 0. The number of aromatic nitrogens is 1. The topological polar surface area (TPSA) is 126 Å². The summed E-state index contributed by atoms with van der Waals surface area (Å²) in [6, 6.07) is 4.35. The van der Waals surface area contributed by atoms with Gasteiger partial charge in [0.2, 0.25) is 11.8 Å². The SMILES string of the molecule is CC(=O)Nc1nc(COC(=O)CNC(=O)CNC(=O)c2ccc(Cl)cc2Cl)cs1. The first-order chi connectivity index (χ1) is 13.7. The first-order valence-corrected chi connectivity index (χ1v) is 9.75. The van der Waals surface area contributed by atoms with Gasteiger partial charge in [-0.1, -0.05) is 23.2 Å². The Hall–Kier alpha value is -2.69. The van der Waals surface area contributed by atoms with E-state index in [1.165, 1.54) is 36.5 Å². The van der Waals surface area contributed by atoms with Crippen LogP contribution >= 0.6 is 34.5 Å². The molecule has 0 aliphatic carbocycles. The van der Waals surface area contributed by atoms with E-state index in [9.17, 15) is 19.2 Å². The van der Waals surface area contributed by atoms with Crippen LogP contribution < -0.4 is 16.0 Å². The van der Waals surface area contributed by atoms with Crippen LogP contribution in [0.3, 0.4) is 0 Å². The van der Waals surface area contributed by atoms with Gasteiger partial charge in [-0.2, -0.15) is 0 Å². The number of halogens is 2. The van der Waals surface area contributed by atoms with Crippen LogP contribution in [-0.4, -0.2) is 41.8 Å². The van der Waals surface area contributed by atoms with Gasteiger partial charge in [-0.15, -0.1) is 11.3 Å². The lowest BCUT2D eigenvalue weighted by atomic mass is 10.2. The van der Waals surface area contributed by atoms with Gasteiger partial charge in [-0.25, -0.2) is 4.98 Å². The van der Waals surface area contributed by atoms with Crippen LogP contribution in [0.25, 0.3) is 0 Å². The minimum atomic E-state index is -0.681. The molecule has 0 bridgehead atoms.